The second-order valence-electron chi connectivity index (χ2n) is 7.76. The maximum absolute atomic E-state index is 11.5. The minimum Gasteiger partial charge on any atom is -0.493 e. The monoisotopic (exact) mass is 473 g/mol. The van der Waals surface area contributed by atoms with Crippen molar-refractivity contribution in [2.75, 3.05) is 21.0 Å². The van der Waals surface area contributed by atoms with Crippen molar-refractivity contribution in [1.82, 2.24) is 4.98 Å². The number of methoxy groups -OCH3 is 2. The second-order valence-corrected chi connectivity index (χ2v) is 7.76. The van der Waals surface area contributed by atoms with Crippen molar-refractivity contribution in [2.24, 2.45) is 0 Å². The number of hydrogen-bond donors (Lipinski definition) is 0. The summed E-state index contributed by atoms with van der Waals surface area (Å²) >= 11 is 0. The molecule has 0 saturated carbocycles. The number of carbonyl (C=O) groups is 1. The largest absolute Gasteiger partial charge is 0.493 e. The van der Waals surface area contributed by atoms with E-state index >= 15 is 0 Å². The van der Waals surface area contributed by atoms with Gasteiger partial charge in [0.25, 0.3) is 0 Å². The lowest BCUT2D eigenvalue weighted by molar-refractivity contribution is -0.108. The van der Waals surface area contributed by atoms with Gasteiger partial charge in [-0.05, 0) is 29.8 Å². The fraction of sp³-hybridized carbons (Fsp3) is 0.214. The van der Waals surface area contributed by atoms with Crippen molar-refractivity contribution in [3.63, 3.8) is 0 Å². The topological polar surface area (TPSA) is 80.0 Å². The number of ether oxygens (including phenoxy) is 4. The van der Waals surface area contributed by atoms with Crippen LogP contribution < -0.4 is 14.2 Å². The van der Waals surface area contributed by atoms with E-state index in [9.17, 15) is 4.79 Å². The van der Waals surface area contributed by atoms with Crippen molar-refractivity contribution in [3.05, 3.63) is 95.9 Å². The molecule has 35 heavy (non-hydrogen) atoms. The average molecular weight is 474 g/mol. The van der Waals surface area contributed by atoms with Gasteiger partial charge in [0, 0.05) is 30.6 Å². The quantitative estimate of drug-likeness (QED) is 0.195. The highest BCUT2D eigenvalue weighted by atomic mass is 16.7. The number of oxazole rings is 1. The predicted octanol–water partition coefficient (Wildman–Crippen LogP) is 5.63. The Morgan fingerprint density at radius 2 is 1.71 bits per heavy atom. The highest BCUT2D eigenvalue weighted by Crippen LogP contribution is 2.37. The zero-order valence-corrected chi connectivity index (χ0v) is 19.7. The number of carbonyl (C=O) groups excluding carboxylic acids is 1. The number of nitrogens with zero attached hydrogens (tertiary/aromatic N) is 1. The first-order valence-electron chi connectivity index (χ1n) is 11.2. The van der Waals surface area contributed by atoms with Gasteiger partial charge in [-0.1, -0.05) is 48.5 Å². The molecule has 0 spiro atoms. The Balaban J connectivity index is 1.61. The summed E-state index contributed by atoms with van der Waals surface area (Å²) in [6.07, 6.45) is 2.67. The van der Waals surface area contributed by atoms with Crippen molar-refractivity contribution < 1.29 is 28.2 Å². The summed E-state index contributed by atoms with van der Waals surface area (Å²) in [6.45, 7) is 0.504. The van der Waals surface area contributed by atoms with Crippen molar-refractivity contribution in [1.29, 1.82) is 0 Å². The Labute approximate surface area is 204 Å². The summed E-state index contributed by atoms with van der Waals surface area (Å²) < 4.78 is 28.1. The molecule has 0 amide bonds. The van der Waals surface area contributed by atoms with Crippen LogP contribution in [0.25, 0.3) is 11.5 Å². The van der Waals surface area contributed by atoms with Gasteiger partial charge in [0.15, 0.2) is 18.3 Å². The Morgan fingerprint density at radius 3 is 2.49 bits per heavy atom. The van der Waals surface area contributed by atoms with Crippen LogP contribution in [0.3, 0.4) is 0 Å². The molecule has 0 aliphatic carbocycles. The molecule has 0 aliphatic heterocycles. The van der Waals surface area contributed by atoms with E-state index in [2.05, 4.69) is 0 Å². The molecular weight excluding hydrogens is 446 g/mol. The van der Waals surface area contributed by atoms with E-state index in [1.807, 2.05) is 72.8 Å². The third kappa shape index (κ3) is 5.88. The van der Waals surface area contributed by atoms with Gasteiger partial charge in [0.05, 0.1) is 12.8 Å². The number of para-hydroxylation sites is 1. The summed E-state index contributed by atoms with van der Waals surface area (Å²) in [5.74, 6) is 1.91. The fourth-order valence-corrected chi connectivity index (χ4v) is 3.76. The fourth-order valence-electron chi connectivity index (χ4n) is 3.76. The molecule has 1 atom stereocenters. The lowest BCUT2D eigenvalue weighted by Gasteiger charge is -2.16. The van der Waals surface area contributed by atoms with E-state index in [0.29, 0.717) is 35.4 Å². The molecule has 1 unspecified atom stereocenters. The van der Waals surface area contributed by atoms with Crippen LogP contribution in [0.4, 0.5) is 0 Å². The summed E-state index contributed by atoms with van der Waals surface area (Å²) in [6, 6.07) is 22.9. The zero-order valence-electron chi connectivity index (χ0n) is 19.7. The van der Waals surface area contributed by atoms with Crippen LogP contribution in [0.5, 0.6) is 17.2 Å². The van der Waals surface area contributed by atoms with Gasteiger partial charge < -0.3 is 28.2 Å². The van der Waals surface area contributed by atoms with E-state index in [1.165, 1.54) is 0 Å². The van der Waals surface area contributed by atoms with Crippen molar-refractivity contribution in [3.8, 4) is 28.7 Å². The lowest BCUT2D eigenvalue weighted by atomic mass is 9.93. The molecule has 7 nitrogen and oxygen atoms in total. The Hall–Kier alpha value is -4.10. The van der Waals surface area contributed by atoms with Gasteiger partial charge in [0.1, 0.15) is 24.9 Å². The van der Waals surface area contributed by atoms with Gasteiger partial charge in [-0.2, -0.15) is 0 Å². The normalized spacial score (nSPS) is 11.6. The minimum absolute atomic E-state index is 0.104. The highest BCUT2D eigenvalue weighted by Gasteiger charge is 2.23. The van der Waals surface area contributed by atoms with Crippen LogP contribution in [0.15, 0.2) is 83.5 Å². The number of rotatable bonds is 12. The number of aromatic nitrogens is 1. The molecule has 180 valence electrons. The molecule has 1 heterocycles. The zero-order chi connectivity index (χ0) is 24.5. The van der Waals surface area contributed by atoms with Crippen LogP contribution in [-0.4, -0.2) is 32.3 Å². The Kier molecular flexibility index (Phi) is 8.14. The third-order valence-corrected chi connectivity index (χ3v) is 5.49. The van der Waals surface area contributed by atoms with E-state index in [-0.39, 0.29) is 19.1 Å². The first kappa shape index (κ1) is 24.0. The SMILES string of the molecule is COCOc1ccccc1C(CC=O)c1coc(-c2ccc(OC)c(OCc3ccccc3)c2)n1. The second kappa shape index (κ2) is 11.9. The molecule has 4 aromatic rings. The Morgan fingerprint density at radius 1 is 0.914 bits per heavy atom. The molecule has 0 saturated heterocycles. The standard InChI is InChI=1S/C28H27NO6/c1-31-19-35-25-11-7-6-10-23(25)22(14-15-30)24-18-34-28(29-24)21-12-13-26(32-2)27(16-21)33-17-20-8-4-3-5-9-20/h3-13,15-16,18,22H,14,17,19H2,1-2H3. The smallest absolute Gasteiger partial charge is 0.226 e. The molecule has 0 bridgehead atoms. The molecule has 0 radical (unpaired) electrons. The van der Waals surface area contributed by atoms with Crippen molar-refractivity contribution >= 4 is 6.29 Å². The summed E-state index contributed by atoms with van der Waals surface area (Å²) in [4.78, 5) is 16.2. The van der Waals surface area contributed by atoms with Gasteiger partial charge >= 0.3 is 0 Å². The van der Waals surface area contributed by atoms with Crippen LogP contribution in [-0.2, 0) is 16.1 Å². The first-order valence-corrected chi connectivity index (χ1v) is 11.2. The summed E-state index contributed by atoms with van der Waals surface area (Å²) in [7, 11) is 3.16. The maximum atomic E-state index is 11.5. The number of benzene rings is 3. The lowest BCUT2D eigenvalue weighted by Crippen LogP contribution is -2.07. The van der Waals surface area contributed by atoms with Crippen LogP contribution >= 0.6 is 0 Å². The molecular formula is C28H27NO6. The first-order chi connectivity index (χ1) is 17.2. The molecule has 0 N–H and O–H groups in total. The van der Waals surface area contributed by atoms with Crippen molar-refractivity contribution in [2.45, 2.75) is 18.9 Å². The van der Waals surface area contributed by atoms with E-state index < -0.39 is 0 Å². The third-order valence-electron chi connectivity index (χ3n) is 5.49. The molecule has 7 heteroatoms. The van der Waals surface area contributed by atoms with E-state index in [0.717, 1.165) is 23.0 Å². The van der Waals surface area contributed by atoms with Gasteiger partial charge in [-0.15, -0.1) is 0 Å². The number of hydrogen-bond acceptors (Lipinski definition) is 7. The Bertz CT molecular complexity index is 1240. The van der Waals surface area contributed by atoms with Crippen LogP contribution in [0.1, 0.15) is 29.2 Å². The van der Waals surface area contributed by atoms with E-state index in [1.54, 1.807) is 20.5 Å². The van der Waals surface area contributed by atoms with Gasteiger partial charge in [0.2, 0.25) is 5.89 Å². The number of aldehydes is 1. The summed E-state index contributed by atoms with van der Waals surface area (Å²) in [5, 5.41) is 0. The molecule has 0 aliphatic rings. The van der Waals surface area contributed by atoms with Gasteiger partial charge in [-0.3, -0.25) is 0 Å². The molecule has 1 aromatic heterocycles. The van der Waals surface area contributed by atoms with Crippen LogP contribution in [0, 0.1) is 0 Å². The minimum atomic E-state index is -0.329. The predicted molar refractivity (Wildman–Crippen MR) is 131 cm³/mol. The van der Waals surface area contributed by atoms with Crippen LogP contribution in [0.2, 0.25) is 0 Å². The maximum Gasteiger partial charge on any atom is 0.226 e. The van der Waals surface area contributed by atoms with Gasteiger partial charge in [-0.25, -0.2) is 4.98 Å². The molecule has 0 fully saturated rings. The highest BCUT2D eigenvalue weighted by molar-refractivity contribution is 5.61. The average Bonchev–Trinajstić information content (AvgIpc) is 3.40. The van der Waals surface area contributed by atoms with E-state index in [4.69, 9.17) is 28.3 Å². The molecule has 4 rings (SSSR count). The summed E-state index contributed by atoms with van der Waals surface area (Å²) in [5.41, 5.74) is 3.24. The molecule has 3 aromatic carbocycles.